The van der Waals surface area contributed by atoms with Gasteiger partial charge in [0.25, 0.3) is 0 Å². The highest BCUT2D eigenvalue weighted by molar-refractivity contribution is 5.89. The number of aromatic nitrogens is 1. The van der Waals surface area contributed by atoms with E-state index in [1.807, 2.05) is 31.2 Å². The molecule has 2 rings (SSSR count). The van der Waals surface area contributed by atoms with Crippen LogP contribution in [-0.2, 0) is 6.54 Å². The lowest BCUT2D eigenvalue weighted by atomic mass is 10.2. The summed E-state index contributed by atoms with van der Waals surface area (Å²) in [7, 11) is 0. The van der Waals surface area contributed by atoms with E-state index in [-0.39, 0.29) is 12.6 Å². The smallest absolute Gasteiger partial charge is 0.322 e. The number of benzene rings is 1. The van der Waals surface area contributed by atoms with Crippen molar-refractivity contribution >= 4 is 11.7 Å². The number of aliphatic hydroxyl groups is 1. The van der Waals surface area contributed by atoms with Crippen LogP contribution in [-0.4, -0.2) is 40.3 Å². The molecular formula is C18H23N3O3. The van der Waals surface area contributed by atoms with Crippen LogP contribution in [0.15, 0.2) is 48.8 Å². The Morgan fingerprint density at radius 3 is 2.67 bits per heavy atom. The molecule has 1 unspecified atom stereocenters. The topological polar surface area (TPSA) is 74.7 Å². The number of carbonyl (C=O) groups is 1. The Morgan fingerprint density at radius 1 is 1.29 bits per heavy atom. The van der Waals surface area contributed by atoms with Gasteiger partial charge in [-0.25, -0.2) is 4.79 Å². The molecule has 0 saturated carbocycles. The normalized spacial score (nSPS) is 11.6. The summed E-state index contributed by atoms with van der Waals surface area (Å²) in [6.45, 7) is 4.69. The number of amides is 2. The first-order valence-corrected chi connectivity index (χ1v) is 7.95. The van der Waals surface area contributed by atoms with Crippen LogP contribution in [0.2, 0.25) is 0 Å². The van der Waals surface area contributed by atoms with E-state index in [1.165, 1.54) is 0 Å². The molecule has 0 aliphatic heterocycles. The molecule has 6 nitrogen and oxygen atoms in total. The molecule has 2 amide bonds. The second-order valence-corrected chi connectivity index (χ2v) is 5.44. The number of urea groups is 1. The number of nitrogens with one attached hydrogen (secondary N) is 1. The Labute approximate surface area is 142 Å². The van der Waals surface area contributed by atoms with Crippen LogP contribution >= 0.6 is 0 Å². The fraction of sp³-hybridized carbons (Fsp3) is 0.333. The average molecular weight is 329 g/mol. The van der Waals surface area contributed by atoms with E-state index in [9.17, 15) is 9.90 Å². The fourth-order valence-electron chi connectivity index (χ4n) is 2.31. The largest absolute Gasteiger partial charge is 0.494 e. The van der Waals surface area contributed by atoms with Gasteiger partial charge in [0.2, 0.25) is 0 Å². The lowest BCUT2D eigenvalue weighted by Gasteiger charge is -2.25. The van der Waals surface area contributed by atoms with Crippen molar-refractivity contribution in [3.63, 3.8) is 0 Å². The molecular weight excluding hydrogens is 306 g/mol. The van der Waals surface area contributed by atoms with Gasteiger partial charge in [-0.2, -0.15) is 0 Å². The highest BCUT2D eigenvalue weighted by Gasteiger charge is 2.18. The summed E-state index contributed by atoms with van der Waals surface area (Å²) in [5.41, 5.74) is 1.55. The average Bonchev–Trinajstić information content (AvgIpc) is 2.56. The number of para-hydroxylation sites is 1. The Kier molecular flexibility index (Phi) is 6.57. The maximum absolute atomic E-state index is 12.6. The Bertz CT molecular complexity index is 647. The Morgan fingerprint density at radius 2 is 2.00 bits per heavy atom. The van der Waals surface area contributed by atoms with Gasteiger partial charge in [0, 0.05) is 30.2 Å². The first-order chi connectivity index (χ1) is 11.6. The van der Waals surface area contributed by atoms with Gasteiger partial charge in [-0.15, -0.1) is 0 Å². The van der Waals surface area contributed by atoms with E-state index in [0.29, 0.717) is 18.8 Å². The highest BCUT2D eigenvalue weighted by Crippen LogP contribution is 2.20. The summed E-state index contributed by atoms with van der Waals surface area (Å²) in [6, 6.07) is 10.7. The first kappa shape index (κ1) is 17.7. The van der Waals surface area contributed by atoms with Crippen molar-refractivity contribution < 1.29 is 14.6 Å². The molecule has 0 saturated heterocycles. The summed E-state index contributed by atoms with van der Waals surface area (Å²) in [4.78, 5) is 18.0. The summed E-state index contributed by atoms with van der Waals surface area (Å²) in [5, 5.41) is 12.5. The van der Waals surface area contributed by atoms with E-state index < -0.39 is 6.10 Å². The third-order valence-electron chi connectivity index (χ3n) is 3.34. The molecule has 0 spiro atoms. The van der Waals surface area contributed by atoms with Crippen LogP contribution in [0, 0.1) is 0 Å². The molecule has 1 aromatic heterocycles. The maximum Gasteiger partial charge on any atom is 0.322 e. The van der Waals surface area contributed by atoms with Crippen LogP contribution in [0.25, 0.3) is 0 Å². The zero-order chi connectivity index (χ0) is 17.4. The maximum atomic E-state index is 12.6. The number of anilines is 1. The standard InChI is InChI=1S/C18H23N3O3/c1-3-24-17-7-5-4-6-15(17)13-21(12-14(2)22)18(23)20-16-8-10-19-11-9-16/h4-11,14,22H,3,12-13H2,1-2H3,(H,19,20,23). The minimum atomic E-state index is -0.632. The summed E-state index contributed by atoms with van der Waals surface area (Å²) in [5.74, 6) is 0.743. The van der Waals surface area contributed by atoms with Gasteiger partial charge in [0.1, 0.15) is 5.75 Å². The van der Waals surface area contributed by atoms with E-state index in [1.54, 1.807) is 36.4 Å². The van der Waals surface area contributed by atoms with E-state index in [0.717, 1.165) is 11.3 Å². The molecule has 2 N–H and O–H groups in total. The number of pyridine rings is 1. The zero-order valence-corrected chi connectivity index (χ0v) is 14.0. The van der Waals surface area contributed by atoms with Crippen LogP contribution in [0.1, 0.15) is 19.4 Å². The van der Waals surface area contributed by atoms with Crippen LogP contribution < -0.4 is 10.1 Å². The quantitative estimate of drug-likeness (QED) is 0.819. The fourth-order valence-corrected chi connectivity index (χ4v) is 2.31. The van der Waals surface area contributed by atoms with Gasteiger partial charge in [-0.1, -0.05) is 18.2 Å². The Hall–Kier alpha value is -2.60. The number of hydrogen-bond donors (Lipinski definition) is 2. The third kappa shape index (κ3) is 5.24. The van der Waals surface area contributed by atoms with Crippen molar-refractivity contribution in [1.29, 1.82) is 0 Å². The number of carbonyl (C=O) groups excluding carboxylic acids is 1. The van der Waals surface area contributed by atoms with E-state index >= 15 is 0 Å². The molecule has 1 heterocycles. The number of rotatable bonds is 7. The monoisotopic (exact) mass is 329 g/mol. The SMILES string of the molecule is CCOc1ccccc1CN(CC(C)O)C(=O)Nc1ccncc1. The minimum Gasteiger partial charge on any atom is -0.494 e. The van der Waals surface area contributed by atoms with Crippen molar-refractivity contribution in [2.24, 2.45) is 0 Å². The lowest BCUT2D eigenvalue weighted by molar-refractivity contribution is 0.135. The molecule has 0 fully saturated rings. The number of aliphatic hydroxyl groups excluding tert-OH is 1. The van der Waals surface area contributed by atoms with Crippen molar-refractivity contribution in [1.82, 2.24) is 9.88 Å². The summed E-state index contributed by atoms with van der Waals surface area (Å²) < 4.78 is 5.61. The van der Waals surface area contributed by atoms with Gasteiger partial charge in [0.15, 0.2) is 0 Å². The summed E-state index contributed by atoms with van der Waals surface area (Å²) >= 11 is 0. The molecule has 6 heteroatoms. The van der Waals surface area contributed by atoms with E-state index in [4.69, 9.17) is 4.74 Å². The molecule has 24 heavy (non-hydrogen) atoms. The van der Waals surface area contributed by atoms with Crippen molar-refractivity contribution in [3.05, 3.63) is 54.4 Å². The van der Waals surface area contributed by atoms with Gasteiger partial charge < -0.3 is 20.1 Å². The second-order valence-electron chi connectivity index (χ2n) is 5.44. The molecule has 0 aliphatic rings. The number of nitrogens with zero attached hydrogens (tertiary/aromatic N) is 2. The molecule has 1 aromatic carbocycles. The summed E-state index contributed by atoms with van der Waals surface area (Å²) in [6.07, 6.45) is 2.59. The lowest BCUT2D eigenvalue weighted by Crippen LogP contribution is -2.39. The van der Waals surface area contributed by atoms with Gasteiger partial charge >= 0.3 is 6.03 Å². The number of hydrogen-bond acceptors (Lipinski definition) is 4. The predicted octanol–water partition coefficient (Wildman–Crippen LogP) is 2.90. The first-order valence-electron chi connectivity index (χ1n) is 7.95. The Balaban J connectivity index is 2.14. The predicted molar refractivity (Wildman–Crippen MR) is 93.0 cm³/mol. The molecule has 1 atom stereocenters. The second kappa shape index (κ2) is 8.88. The highest BCUT2D eigenvalue weighted by atomic mass is 16.5. The third-order valence-corrected chi connectivity index (χ3v) is 3.34. The molecule has 0 bridgehead atoms. The van der Waals surface area contributed by atoms with Crippen LogP contribution in [0.5, 0.6) is 5.75 Å². The zero-order valence-electron chi connectivity index (χ0n) is 14.0. The molecule has 0 aliphatic carbocycles. The van der Waals surface area contributed by atoms with Crippen molar-refractivity contribution in [2.45, 2.75) is 26.5 Å². The molecule has 0 radical (unpaired) electrons. The molecule has 2 aromatic rings. The van der Waals surface area contributed by atoms with Gasteiger partial charge in [-0.05, 0) is 32.0 Å². The molecule has 128 valence electrons. The number of ether oxygens (including phenoxy) is 1. The minimum absolute atomic E-state index is 0.220. The van der Waals surface area contributed by atoms with Crippen molar-refractivity contribution in [3.8, 4) is 5.75 Å². The van der Waals surface area contributed by atoms with Gasteiger partial charge in [-0.3, -0.25) is 4.98 Å². The van der Waals surface area contributed by atoms with Crippen LogP contribution in [0.3, 0.4) is 0 Å². The van der Waals surface area contributed by atoms with Crippen molar-refractivity contribution in [2.75, 3.05) is 18.5 Å². The van der Waals surface area contributed by atoms with E-state index in [2.05, 4.69) is 10.3 Å². The van der Waals surface area contributed by atoms with Gasteiger partial charge in [0.05, 0.1) is 19.3 Å². The van der Waals surface area contributed by atoms with Crippen LogP contribution in [0.4, 0.5) is 10.5 Å².